The van der Waals surface area contributed by atoms with Gasteiger partial charge in [0.15, 0.2) is 0 Å². The Morgan fingerprint density at radius 3 is 2.58 bits per heavy atom. The Labute approximate surface area is 107 Å². The molecule has 0 aromatic rings. The molecule has 0 aliphatic carbocycles. The second-order valence-corrected chi connectivity index (χ2v) is 4.71. The first kappa shape index (κ1) is 15.5. The average molecular weight is 284 g/mol. The molecule has 19 heavy (non-hydrogen) atoms. The Balaban J connectivity index is 2.64. The quantitative estimate of drug-likeness (QED) is 0.799. The molecular formula is C10H15F3N2O4. The molecule has 0 bridgehead atoms. The lowest BCUT2D eigenvalue weighted by Crippen LogP contribution is -2.53. The zero-order valence-corrected chi connectivity index (χ0v) is 10.5. The summed E-state index contributed by atoms with van der Waals surface area (Å²) in [5.41, 5.74) is -1.34. The Kier molecular flexibility index (Phi) is 4.28. The van der Waals surface area contributed by atoms with Crippen LogP contribution in [0.4, 0.5) is 18.0 Å². The fourth-order valence-electron chi connectivity index (χ4n) is 1.69. The van der Waals surface area contributed by atoms with Crippen LogP contribution in [-0.4, -0.2) is 61.0 Å². The van der Waals surface area contributed by atoms with E-state index in [-0.39, 0.29) is 13.2 Å². The van der Waals surface area contributed by atoms with Crippen LogP contribution in [0, 0.1) is 5.41 Å². The molecule has 1 heterocycles. The summed E-state index contributed by atoms with van der Waals surface area (Å²) in [6.45, 7) is -0.183. The van der Waals surface area contributed by atoms with Gasteiger partial charge >= 0.3 is 18.2 Å². The van der Waals surface area contributed by atoms with E-state index in [1.165, 1.54) is 6.92 Å². The highest BCUT2D eigenvalue weighted by atomic mass is 19.4. The Hall–Kier alpha value is -1.51. The van der Waals surface area contributed by atoms with Crippen molar-refractivity contribution >= 4 is 12.0 Å². The van der Waals surface area contributed by atoms with Crippen LogP contribution in [0.25, 0.3) is 0 Å². The summed E-state index contributed by atoms with van der Waals surface area (Å²) in [6, 6.07) is -1.85. The van der Waals surface area contributed by atoms with E-state index in [9.17, 15) is 22.8 Å². The number of alkyl halides is 3. The average Bonchev–Trinajstić information content (AvgIpc) is 2.59. The standard InChI is InChI=1S/C10H15F3N2O4/c1-9(7(16)17)5-19-3-6(9)14-8(18)15(2)4-10(11,12)13/h6H,3-5H2,1-2H3,(H,14,18)(H,16,17). The van der Waals surface area contributed by atoms with Crippen molar-refractivity contribution in [2.75, 3.05) is 26.8 Å². The van der Waals surface area contributed by atoms with E-state index < -0.39 is 36.2 Å². The monoisotopic (exact) mass is 284 g/mol. The van der Waals surface area contributed by atoms with Crippen LogP contribution in [0.15, 0.2) is 0 Å². The topological polar surface area (TPSA) is 78.9 Å². The van der Waals surface area contributed by atoms with E-state index in [4.69, 9.17) is 9.84 Å². The van der Waals surface area contributed by atoms with Gasteiger partial charge < -0.3 is 20.1 Å². The molecule has 110 valence electrons. The number of urea groups is 1. The third-order valence-electron chi connectivity index (χ3n) is 3.00. The predicted octanol–water partition coefficient (Wildman–Crippen LogP) is 0.680. The molecule has 1 saturated heterocycles. The highest BCUT2D eigenvalue weighted by Gasteiger charge is 2.47. The number of rotatable bonds is 3. The Bertz CT molecular complexity index is 374. The van der Waals surface area contributed by atoms with Gasteiger partial charge in [-0.2, -0.15) is 13.2 Å². The first-order chi connectivity index (χ1) is 8.56. The maximum absolute atomic E-state index is 12.1. The van der Waals surface area contributed by atoms with E-state index >= 15 is 0 Å². The minimum atomic E-state index is -4.51. The summed E-state index contributed by atoms with van der Waals surface area (Å²) < 4.78 is 41.3. The molecular weight excluding hydrogens is 269 g/mol. The lowest BCUT2D eigenvalue weighted by molar-refractivity contribution is -0.149. The molecule has 0 radical (unpaired) electrons. The smallest absolute Gasteiger partial charge is 0.406 e. The maximum Gasteiger partial charge on any atom is 0.406 e. The molecule has 1 rings (SSSR count). The number of nitrogens with zero attached hydrogens (tertiary/aromatic N) is 1. The van der Waals surface area contributed by atoms with Crippen molar-refractivity contribution in [1.82, 2.24) is 10.2 Å². The highest BCUT2D eigenvalue weighted by Crippen LogP contribution is 2.28. The number of carbonyl (C=O) groups is 2. The number of halogens is 3. The van der Waals surface area contributed by atoms with E-state index in [0.717, 1.165) is 7.05 Å². The number of carboxylic acids is 1. The van der Waals surface area contributed by atoms with Crippen molar-refractivity contribution in [2.45, 2.75) is 19.1 Å². The number of amides is 2. The van der Waals surface area contributed by atoms with Crippen LogP contribution in [-0.2, 0) is 9.53 Å². The SMILES string of the molecule is CN(CC(F)(F)F)C(=O)NC1COCC1(C)C(=O)O. The first-order valence-electron chi connectivity index (χ1n) is 5.46. The molecule has 1 aliphatic rings. The number of hydrogen-bond donors (Lipinski definition) is 2. The first-order valence-corrected chi connectivity index (χ1v) is 5.46. The van der Waals surface area contributed by atoms with Crippen molar-refractivity contribution in [2.24, 2.45) is 5.41 Å². The molecule has 1 aliphatic heterocycles. The summed E-state index contributed by atoms with van der Waals surface area (Å²) in [4.78, 5) is 23.1. The predicted molar refractivity (Wildman–Crippen MR) is 57.6 cm³/mol. The van der Waals surface area contributed by atoms with E-state index in [2.05, 4.69) is 5.32 Å². The summed E-state index contributed by atoms with van der Waals surface area (Å²) in [6.07, 6.45) is -4.51. The zero-order chi connectivity index (χ0) is 14.8. The zero-order valence-electron chi connectivity index (χ0n) is 10.5. The van der Waals surface area contributed by atoms with Gasteiger partial charge in [0.25, 0.3) is 0 Å². The van der Waals surface area contributed by atoms with Gasteiger partial charge in [0, 0.05) is 7.05 Å². The molecule has 2 amide bonds. The van der Waals surface area contributed by atoms with Crippen molar-refractivity contribution in [3.8, 4) is 0 Å². The number of hydrogen-bond acceptors (Lipinski definition) is 3. The van der Waals surface area contributed by atoms with Gasteiger partial charge in [0.1, 0.15) is 12.0 Å². The van der Waals surface area contributed by atoms with Gasteiger partial charge in [-0.05, 0) is 6.92 Å². The van der Waals surface area contributed by atoms with Crippen LogP contribution in [0.1, 0.15) is 6.92 Å². The molecule has 2 atom stereocenters. The molecule has 6 nitrogen and oxygen atoms in total. The van der Waals surface area contributed by atoms with E-state index in [0.29, 0.717) is 4.90 Å². The summed E-state index contributed by atoms with van der Waals surface area (Å²) >= 11 is 0. The largest absolute Gasteiger partial charge is 0.481 e. The van der Waals surface area contributed by atoms with Crippen LogP contribution in [0.2, 0.25) is 0 Å². The van der Waals surface area contributed by atoms with E-state index in [1.54, 1.807) is 0 Å². The van der Waals surface area contributed by atoms with Crippen molar-refractivity contribution in [1.29, 1.82) is 0 Å². The fraction of sp³-hybridized carbons (Fsp3) is 0.800. The van der Waals surface area contributed by atoms with Gasteiger partial charge in [0.05, 0.1) is 19.3 Å². The van der Waals surface area contributed by atoms with Crippen LogP contribution >= 0.6 is 0 Å². The summed E-state index contributed by atoms with van der Waals surface area (Å²) in [7, 11) is 0.983. The molecule has 2 unspecified atom stereocenters. The lowest BCUT2D eigenvalue weighted by atomic mass is 9.85. The lowest BCUT2D eigenvalue weighted by Gasteiger charge is -2.28. The van der Waals surface area contributed by atoms with Crippen LogP contribution < -0.4 is 5.32 Å². The second kappa shape index (κ2) is 5.24. The van der Waals surface area contributed by atoms with Crippen molar-refractivity contribution in [3.63, 3.8) is 0 Å². The minimum absolute atomic E-state index is 0.0472. The molecule has 0 aromatic carbocycles. The number of ether oxygens (including phenoxy) is 1. The third-order valence-corrected chi connectivity index (χ3v) is 3.00. The highest BCUT2D eigenvalue weighted by molar-refractivity contribution is 5.79. The van der Waals surface area contributed by atoms with Gasteiger partial charge in [-0.15, -0.1) is 0 Å². The molecule has 0 saturated carbocycles. The molecule has 0 aromatic heterocycles. The van der Waals surface area contributed by atoms with Crippen molar-refractivity contribution in [3.05, 3.63) is 0 Å². The normalized spacial score (nSPS) is 27.1. The van der Waals surface area contributed by atoms with Gasteiger partial charge in [-0.25, -0.2) is 4.79 Å². The molecule has 0 spiro atoms. The number of carboxylic acid groups (broad SMARTS) is 1. The van der Waals surface area contributed by atoms with Gasteiger partial charge in [-0.3, -0.25) is 4.79 Å². The van der Waals surface area contributed by atoms with Crippen LogP contribution in [0.5, 0.6) is 0 Å². The third kappa shape index (κ3) is 3.72. The Morgan fingerprint density at radius 2 is 2.11 bits per heavy atom. The molecule has 2 N–H and O–H groups in total. The van der Waals surface area contributed by atoms with Gasteiger partial charge in [-0.1, -0.05) is 0 Å². The minimum Gasteiger partial charge on any atom is -0.481 e. The summed E-state index contributed by atoms with van der Waals surface area (Å²) in [5, 5.41) is 11.3. The second-order valence-electron chi connectivity index (χ2n) is 4.71. The van der Waals surface area contributed by atoms with E-state index in [1.807, 2.05) is 0 Å². The molecule has 1 fully saturated rings. The maximum atomic E-state index is 12.1. The number of aliphatic carboxylic acids is 1. The Morgan fingerprint density at radius 1 is 1.53 bits per heavy atom. The van der Waals surface area contributed by atoms with Gasteiger partial charge in [0.2, 0.25) is 0 Å². The molecule has 9 heteroatoms. The fourth-order valence-corrected chi connectivity index (χ4v) is 1.69. The van der Waals surface area contributed by atoms with Crippen molar-refractivity contribution < 1.29 is 32.6 Å². The number of nitrogens with one attached hydrogen (secondary N) is 1. The van der Waals surface area contributed by atoms with Crippen LogP contribution in [0.3, 0.4) is 0 Å². The summed E-state index contributed by atoms with van der Waals surface area (Å²) in [5.74, 6) is -1.17. The number of carbonyl (C=O) groups excluding carboxylic acids is 1.